The van der Waals surface area contributed by atoms with Crippen LogP contribution in [0.1, 0.15) is 31.7 Å². The molecule has 0 aliphatic carbocycles. The van der Waals surface area contributed by atoms with E-state index in [1.54, 1.807) is 0 Å². The molecule has 0 aromatic heterocycles. The molecule has 0 heterocycles. The molecule has 0 atom stereocenters. The van der Waals surface area contributed by atoms with Crippen molar-refractivity contribution in [3.05, 3.63) is 36.4 Å². The number of ether oxygens (including phenoxy) is 1. The second-order valence-corrected chi connectivity index (χ2v) is 3.77. The van der Waals surface area contributed by atoms with Crippen LogP contribution in [0.25, 0.3) is 6.08 Å². The Morgan fingerprint density at radius 2 is 2.00 bits per heavy atom. The van der Waals surface area contributed by atoms with Crippen molar-refractivity contribution in [2.24, 2.45) is 0 Å². The summed E-state index contributed by atoms with van der Waals surface area (Å²) < 4.78 is 5.54. The van der Waals surface area contributed by atoms with E-state index in [1.165, 1.54) is 19.3 Å². The van der Waals surface area contributed by atoms with Crippen LogP contribution < -0.4 is 10.1 Å². The van der Waals surface area contributed by atoms with Crippen molar-refractivity contribution in [1.29, 1.82) is 0 Å². The zero-order valence-corrected chi connectivity index (χ0v) is 10.0. The number of benzene rings is 1. The second kappa shape index (κ2) is 7.94. The Morgan fingerprint density at radius 1 is 1.25 bits per heavy atom. The van der Waals surface area contributed by atoms with Crippen LogP contribution in [0.3, 0.4) is 0 Å². The lowest BCUT2D eigenvalue weighted by molar-refractivity contribution is 0.282. The molecular weight excluding hydrogens is 198 g/mol. The monoisotopic (exact) mass is 219 g/mol. The molecular formula is C14H21NO. The molecule has 1 rings (SSSR count). The lowest BCUT2D eigenvalue weighted by Crippen LogP contribution is -2.21. The van der Waals surface area contributed by atoms with Gasteiger partial charge in [0.05, 0.1) is 0 Å². The van der Waals surface area contributed by atoms with Crippen molar-refractivity contribution in [2.75, 3.05) is 13.3 Å². The minimum Gasteiger partial charge on any atom is -0.478 e. The van der Waals surface area contributed by atoms with Gasteiger partial charge < -0.3 is 4.74 Å². The Bertz CT molecular complexity index is 292. The van der Waals surface area contributed by atoms with Crippen LogP contribution in [0.4, 0.5) is 0 Å². The Hall–Kier alpha value is -1.28. The molecule has 2 nitrogen and oxygen atoms in total. The van der Waals surface area contributed by atoms with Gasteiger partial charge in [0.1, 0.15) is 12.5 Å². The topological polar surface area (TPSA) is 21.3 Å². The van der Waals surface area contributed by atoms with Crippen LogP contribution in [-0.2, 0) is 0 Å². The fourth-order valence-corrected chi connectivity index (χ4v) is 1.41. The number of nitrogens with one attached hydrogen (secondary N) is 1. The summed E-state index contributed by atoms with van der Waals surface area (Å²) in [6.07, 6.45) is 5.58. The maximum atomic E-state index is 5.54. The molecule has 0 radical (unpaired) electrons. The Kier molecular flexibility index (Phi) is 6.35. The average molecular weight is 219 g/mol. The van der Waals surface area contributed by atoms with Gasteiger partial charge in [0.15, 0.2) is 0 Å². The minimum absolute atomic E-state index is 0.581. The summed E-state index contributed by atoms with van der Waals surface area (Å²) >= 11 is 0. The molecule has 0 bridgehead atoms. The van der Waals surface area contributed by atoms with E-state index in [1.807, 2.05) is 30.3 Å². The molecule has 1 aromatic carbocycles. The van der Waals surface area contributed by atoms with Crippen LogP contribution in [0.5, 0.6) is 5.75 Å². The van der Waals surface area contributed by atoms with E-state index >= 15 is 0 Å². The van der Waals surface area contributed by atoms with Crippen molar-refractivity contribution in [3.8, 4) is 5.75 Å². The zero-order chi connectivity index (χ0) is 11.6. The molecule has 0 saturated heterocycles. The van der Waals surface area contributed by atoms with Crippen LogP contribution in [0, 0.1) is 0 Å². The predicted molar refractivity (Wildman–Crippen MR) is 69.6 cm³/mol. The Balaban J connectivity index is 2.14. The first kappa shape index (κ1) is 12.8. The van der Waals surface area contributed by atoms with E-state index in [9.17, 15) is 0 Å². The largest absolute Gasteiger partial charge is 0.478 e. The highest BCUT2D eigenvalue weighted by molar-refractivity contribution is 5.48. The highest BCUT2D eigenvalue weighted by atomic mass is 16.5. The minimum atomic E-state index is 0.581. The first-order valence-electron chi connectivity index (χ1n) is 5.93. The van der Waals surface area contributed by atoms with Gasteiger partial charge in [0, 0.05) is 0 Å². The third-order valence-electron chi connectivity index (χ3n) is 2.41. The molecule has 16 heavy (non-hydrogen) atoms. The van der Waals surface area contributed by atoms with E-state index in [4.69, 9.17) is 4.74 Å². The standard InChI is InChI=1S/C14H21NO/c1-3-5-6-11-15-12-16-14-9-7-13(4-2)8-10-14/h4,7-10,15H,2-3,5-6,11-12H2,1H3. The summed E-state index contributed by atoms with van der Waals surface area (Å²) in [5, 5.41) is 3.25. The Morgan fingerprint density at radius 3 is 2.62 bits per heavy atom. The van der Waals surface area contributed by atoms with Gasteiger partial charge in [0.25, 0.3) is 0 Å². The van der Waals surface area contributed by atoms with Gasteiger partial charge in [-0.2, -0.15) is 0 Å². The highest BCUT2D eigenvalue weighted by Gasteiger charge is 1.92. The molecule has 0 amide bonds. The normalized spacial score (nSPS) is 10.1. The summed E-state index contributed by atoms with van der Waals surface area (Å²) in [7, 11) is 0. The zero-order valence-electron chi connectivity index (χ0n) is 10.0. The summed E-state index contributed by atoms with van der Waals surface area (Å²) in [5.41, 5.74) is 1.11. The highest BCUT2D eigenvalue weighted by Crippen LogP contribution is 2.12. The summed E-state index contributed by atoms with van der Waals surface area (Å²) in [6, 6.07) is 7.92. The first-order valence-corrected chi connectivity index (χ1v) is 5.93. The molecule has 0 aliphatic rings. The van der Waals surface area contributed by atoms with Crippen molar-refractivity contribution in [2.45, 2.75) is 26.2 Å². The molecule has 1 N–H and O–H groups in total. The van der Waals surface area contributed by atoms with E-state index < -0.39 is 0 Å². The maximum Gasteiger partial charge on any atom is 0.139 e. The number of rotatable bonds is 8. The molecule has 2 heteroatoms. The quantitative estimate of drug-likeness (QED) is 0.534. The van der Waals surface area contributed by atoms with Gasteiger partial charge in [-0.3, -0.25) is 5.32 Å². The van der Waals surface area contributed by atoms with E-state index in [2.05, 4.69) is 18.8 Å². The summed E-state index contributed by atoms with van der Waals surface area (Å²) in [6.45, 7) is 7.52. The van der Waals surface area contributed by atoms with Crippen LogP contribution in [0.15, 0.2) is 30.8 Å². The molecule has 1 aromatic rings. The van der Waals surface area contributed by atoms with Crippen molar-refractivity contribution in [3.63, 3.8) is 0 Å². The SMILES string of the molecule is C=Cc1ccc(OCNCCCCC)cc1. The molecule has 0 fully saturated rings. The molecule has 0 unspecified atom stereocenters. The van der Waals surface area contributed by atoms with Crippen LogP contribution in [0.2, 0.25) is 0 Å². The van der Waals surface area contributed by atoms with Gasteiger partial charge in [0.2, 0.25) is 0 Å². The maximum absolute atomic E-state index is 5.54. The lowest BCUT2D eigenvalue weighted by Gasteiger charge is -2.07. The van der Waals surface area contributed by atoms with Crippen molar-refractivity contribution < 1.29 is 4.74 Å². The van der Waals surface area contributed by atoms with Gasteiger partial charge in [-0.1, -0.05) is 44.6 Å². The van der Waals surface area contributed by atoms with E-state index in [-0.39, 0.29) is 0 Å². The lowest BCUT2D eigenvalue weighted by atomic mass is 10.2. The number of unbranched alkanes of at least 4 members (excludes halogenated alkanes) is 2. The van der Waals surface area contributed by atoms with E-state index in [0.29, 0.717) is 6.73 Å². The average Bonchev–Trinajstić information content (AvgIpc) is 2.34. The molecule has 0 aliphatic heterocycles. The van der Waals surface area contributed by atoms with Crippen LogP contribution in [-0.4, -0.2) is 13.3 Å². The van der Waals surface area contributed by atoms with Crippen LogP contribution >= 0.6 is 0 Å². The fourth-order valence-electron chi connectivity index (χ4n) is 1.41. The fraction of sp³-hybridized carbons (Fsp3) is 0.429. The Labute approximate surface area is 98.3 Å². The summed E-state index contributed by atoms with van der Waals surface area (Å²) in [4.78, 5) is 0. The number of hydrogen-bond donors (Lipinski definition) is 1. The number of hydrogen-bond acceptors (Lipinski definition) is 2. The van der Waals surface area contributed by atoms with Gasteiger partial charge >= 0.3 is 0 Å². The molecule has 88 valence electrons. The smallest absolute Gasteiger partial charge is 0.139 e. The second-order valence-electron chi connectivity index (χ2n) is 3.77. The third-order valence-corrected chi connectivity index (χ3v) is 2.41. The van der Waals surface area contributed by atoms with Gasteiger partial charge in [-0.15, -0.1) is 0 Å². The molecule has 0 spiro atoms. The van der Waals surface area contributed by atoms with Gasteiger partial charge in [-0.05, 0) is 30.7 Å². The predicted octanol–water partition coefficient (Wildman–Crippen LogP) is 3.45. The van der Waals surface area contributed by atoms with Crippen molar-refractivity contribution in [1.82, 2.24) is 5.32 Å². The van der Waals surface area contributed by atoms with Gasteiger partial charge in [-0.25, -0.2) is 0 Å². The van der Waals surface area contributed by atoms with Crippen molar-refractivity contribution >= 4 is 6.08 Å². The molecule has 0 saturated carbocycles. The first-order chi connectivity index (χ1) is 7.86. The van der Waals surface area contributed by atoms with E-state index in [0.717, 1.165) is 17.9 Å². The third kappa shape index (κ3) is 4.99. The summed E-state index contributed by atoms with van der Waals surface area (Å²) in [5.74, 6) is 0.897.